The van der Waals surface area contributed by atoms with E-state index < -0.39 is 0 Å². The number of rotatable bonds is 2. The summed E-state index contributed by atoms with van der Waals surface area (Å²) in [6, 6.07) is 14.0. The van der Waals surface area contributed by atoms with Gasteiger partial charge < -0.3 is 4.42 Å². The molecular weight excluding hydrogens is 250 g/mol. The number of ketones is 1. The van der Waals surface area contributed by atoms with Crippen molar-refractivity contribution in [3.05, 3.63) is 65.0 Å². The first-order valence-electron chi connectivity index (χ1n) is 5.40. The molecule has 18 heavy (non-hydrogen) atoms. The van der Waals surface area contributed by atoms with Crippen molar-refractivity contribution in [3.8, 4) is 0 Å². The van der Waals surface area contributed by atoms with Gasteiger partial charge in [-0.15, -0.1) is 0 Å². The van der Waals surface area contributed by atoms with Crippen molar-refractivity contribution in [1.29, 1.82) is 0 Å². The summed E-state index contributed by atoms with van der Waals surface area (Å²) in [6.45, 7) is 0. The number of nitrogens with zero attached hydrogens (tertiary/aromatic N) is 1. The van der Waals surface area contributed by atoms with Gasteiger partial charge in [0.15, 0.2) is 5.58 Å². The van der Waals surface area contributed by atoms with Crippen molar-refractivity contribution in [3.63, 3.8) is 0 Å². The number of hydrogen-bond donors (Lipinski definition) is 0. The minimum absolute atomic E-state index is 0.0819. The van der Waals surface area contributed by atoms with Gasteiger partial charge in [-0.3, -0.25) is 4.79 Å². The molecule has 0 radical (unpaired) electrons. The smallest absolute Gasteiger partial charge is 0.269 e. The molecule has 0 aliphatic carbocycles. The van der Waals surface area contributed by atoms with Crippen molar-refractivity contribution in [2.45, 2.75) is 0 Å². The zero-order valence-corrected chi connectivity index (χ0v) is 10.0. The van der Waals surface area contributed by atoms with Crippen LogP contribution in [-0.4, -0.2) is 10.8 Å². The van der Waals surface area contributed by atoms with E-state index in [1.165, 1.54) is 0 Å². The zero-order chi connectivity index (χ0) is 12.5. The third-order valence-corrected chi connectivity index (χ3v) is 2.81. The van der Waals surface area contributed by atoms with Gasteiger partial charge >= 0.3 is 0 Å². The molecule has 3 aromatic rings. The summed E-state index contributed by atoms with van der Waals surface area (Å²) in [5.41, 5.74) is 1.74. The summed E-state index contributed by atoms with van der Waals surface area (Å²) in [7, 11) is 0. The number of halogens is 1. The lowest BCUT2D eigenvalue weighted by atomic mass is 10.1. The van der Waals surface area contributed by atoms with Gasteiger partial charge in [0.25, 0.3) is 5.89 Å². The van der Waals surface area contributed by atoms with Crippen LogP contribution in [0, 0.1) is 0 Å². The highest BCUT2D eigenvalue weighted by Gasteiger charge is 2.16. The van der Waals surface area contributed by atoms with E-state index in [1.54, 1.807) is 36.4 Å². The Morgan fingerprint density at radius 1 is 1.11 bits per heavy atom. The number of benzene rings is 2. The van der Waals surface area contributed by atoms with Crippen LogP contribution in [0.4, 0.5) is 0 Å². The Bertz CT molecular complexity index is 700. The van der Waals surface area contributed by atoms with Gasteiger partial charge in [-0.1, -0.05) is 35.9 Å². The van der Waals surface area contributed by atoms with Crippen LogP contribution in [0.5, 0.6) is 0 Å². The first kappa shape index (κ1) is 11.0. The molecule has 3 nitrogen and oxygen atoms in total. The van der Waals surface area contributed by atoms with Gasteiger partial charge in [-0.25, -0.2) is 4.98 Å². The van der Waals surface area contributed by atoms with E-state index in [0.29, 0.717) is 21.7 Å². The van der Waals surface area contributed by atoms with Crippen molar-refractivity contribution < 1.29 is 9.21 Å². The first-order valence-corrected chi connectivity index (χ1v) is 5.78. The predicted molar refractivity (Wildman–Crippen MR) is 68.9 cm³/mol. The predicted octanol–water partition coefficient (Wildman–Crippen LogP) is 3.71. The number of carbonyl (C=O) groups is 1. The summed E-state index contributed by atoms with van der Waals surface area (Å²) >= 11 is 5.85. The average molecular weight is 258 g/mol. The Balaban J connectivity index is 2.06. The van der Waals surface area contributed by atoms with Crippen molar-refractivity contribution >= 4 is 28.5 Å². The molecule has 0 aliphatic heterocycles. The minimum atomic E-state index is -0.270. The lowest BCUT2D eigenvalue weighted by Crippen LogP contribution is -2.01. The molecule has 3 rings (SSSR count). The second-order valence-corrected chi connectivity index (χ2v) is 4.26. The van der Waals surface area contributed by atoms with Crippen LogP contribution in [0.3, 0.4) is 0 Å². The van der Waals surface area contributed by atoms with Gasteiger partial charge in [0.1, 0.15) is 5.52 Å². The van der Waals surface area contributed by atoms with Gasteiger partial charge in [-0.2, -0.15) is 0 Å². The summed E-state index contributed by atoms with van der Waals surface area (Å²) in [4.78, 5) is 16.3. The number of carbonyl (C=O) groups excluding carboxylic acids is 1. The summed E-state index contributed by atoms with van der Waals surface area (Å²) in [5.74, 6) is -0.188. The van der Waals surface area contributed by atoms with E-state index in [2.05, 4.69) is 4.98 Å². The highest BCUT2D eigenvalue weighted by molar-refractivity contribution is 6.31. The number of fused-ring (bicyclic) bond motifs is 1. The quantitative estimate of drug-likeness (QED) is 0.657. The third-order valence-electron chi connectivity index (χ3n) is 2.57. The lowest BCUT2D eigenvalue weighted by molar-refractivity contribution is 0.100. The molecule has 0 spiro atoms. The van der Waals surface area contributed by atoms with Crippen molar-refractivity contribution in [2.75, 3.05) is 0 Å². The lowest BCUT2D eigenvalue weighted by Gasteiger charge is -1.96. The molecule has 0 fully saturated rings. The second kappa shape index (κ2) is 4.27. The molecule has 0 bridgehead atoms. The summed E-state index contributed by atoms with van der Waals surface area (Å²) in [6.07, 6.45) is 0. The monoisotopic (exact) mass is 257 g/mol. The number of hydrogen-bond acceptors (Lipinski definition) is 3. The SMILES string of the molecule is O=C(c1cccc(Cl)c1)c1nc2ccccc2o1. The topological polar surface area (TPSA) is 43.1 Å². The van der Waals surface area contributed by atoms with Gasteiger partial charge in [0.2, 0.25) is 5.78 Å². The zero-order valence-electron chi connectivity index (χ0n) is 9.26. The Morgan fingerprint density at radius 2 is 1.94 bits per heavy atom. The Hall–Kier alpha value is -2.13. The van der Waals surface area contributed by atoms with Crippen LogP contribution in [0.25, 0.3) is 11.1 Å². The van der Waals surface area contributed by atoms with E-state index in [1.807, 2.05) is 12.1 Å². The molecule has 0 aliphatic rings. The highest BCUT2D eigenvalue weighted by Crippen LogP contribution is 2.19. The van der Waals surface area contributed by atoms with Gasteiger partial charge in [0, 0.05) is 10.6 Å². The molecule has 0 unspecified atom stereocenters. The average Bonchev–Trinajstić information content (AvgIpc) is 2.81. The molecule has 1 heterocycles. The molecule has 0 saturated carbocycles. The van der Waals surface area contributed by atoms with E-state index in [0.717, 1.165) is 0 Å². The van der Waals surface area contributed by atoms with Crippen LogP contribution in [0.15, 0.2) is 52.9 Å². The minimum Gasteiger partial charge on any atom is -0.433 e. The second-order valence-electron chi connectivity index (χ2n) is 3.83. The number of oxazole rings is 1. The highest BCUT2D eigenvalue weighted by atomic mass is 35.5. The molecule has 0 atom stereocenters. The molecule has 88 valence electrons. The molecule has 2 aromatic carbocycles. The van der Waals surface area contributed by atoms with Crippen LogP contribution in [0.2, 0.25) is 5.02 Å². The number of para-hydroxylation sites is 2. The fraction of sp³-hybridized carbons (Fsp3) is 0. The standard InChI is InChI=1S/C14H8ClNO2/c15-10-5-3-4-9(8-10)13(17)14-16-11-6-1-2-7-12(11)18-14/h1-8H. The molecule has 0 N–H and O–H groups in total. The van der Waals surface area contributed by atoms with Crippen LogP contribution in [0.1, 0.15) is 16.2 Å². The number of aromatic nitrogens is 1. The Morgan fingerprint density at radius 3 is 2.72 bits per heavy atom. The van der Waals surface area contributed by atoms with E-state index >= 15 is 0 Å². The maximum absolute atomic E-state index is 12.2. The normalized spacial score (nSPS) is 10.7. The third kappa shape index (κ3) is 1.89. The molecule has 0 amide bonds. The first-order chi connectivity index (χ1) is 8.74. The van der Waals surface area contributed by atoms with E-state index in [4.69, 9.17) is 16.0 Å². The fourth-order valence-electron chi connectivity index (χ4n) is 1.72. The Labute approximate surface area is 108 Å². The summed E-state index contributed by atoms with van der Waals surface area (Å²) in [5, 5.41) is 0.511. The van der Waals surface area contributed by atoms with Gasteiger partial charge in [-0.05, 0) is 24.3 Å². The van der Waals surface area contributed by atoms with Crippen LogP contribution >= 0.6 is 11.6 Å². The molecule has 4 heteroatoms. The van der Waals surface area contributed by atoms with Crippen LogP contribution in [-0.2, 0) is 0 Å². The molecule has 0 saturated heterocycles. The Kier molecular flexibility index (Phi) is 2.61. The van der Waals surface area contributed by atoms with Gasteiger partial charge in [0.05, 0.1) is 0 Å². The van der Waals surface area contributed by atoms with Crippen molar-refractivity contribution in [2.24, 2.45) is 0 Å². The molecule has 1 aromatic heterocycles. The maximum atomic E-state index is 12.2. The van der Waals surface area contributed by atoms with E-state index in [9.17, 15) is 4.79 Å². The largest absolute Gasteiger partial charge is 0.433 e. The fourth-order valence-corrected chi connectivity index (χ4v) is 1.91. The molecular formula is C14H8ClNO2. The van der Waals surface area contributed by atoms with E-state index in [-0.39, 0.29) is 11.7 Å². The summed E-state index contributed by atoms with van der Waals surface area (Å²) < 4.78 is 5.42. The van der Waals surface area contributed by atoms with Crippen LogP contribution < -0.4 is 0 Å². The maximum Gasteiger partial charge on any atom is 0.269 e. The van der Waals surface area contributed by atoms with Crippen molar-refractivity contribution in [1.82, 2.24) is 4.98 Å².